The van der Waals surface area contributed by atoms with Gasteiger partial charge in [0.15, 0.2) is 0 Å². The molecule has 1 aliphatic carbocycles. The van der Waals surface area contributed by atoms with Crippen LogP contribution in [0.4, 0.5) is 10.1 Å². The summed E-state index contributed by atoms with van der Waals surface area (Å²) in [6.07, 6.45) is 5.47. The van der Waals surface area contributed by atoms with Crippen molar-refractivity contribution in [3.8, 4) is 0 Å². The van der Waals surface area contributed by atoms with Crippen LogP contribution < -0.4 is 4.90 Å². The Hall–Kier alpha value is -1.67. The summed E-state index contributed by atoms with van der Waals surface area (Å²) in [5, 5.41) is 0. The molecule has 1 aromatic carbocycles. The molecule has 0 spiro atoms. The number of rotatable bonds is 3. The molecule has 0 amide bonds. The second-order valence-electron chi connectivity index (χ2n) is 5.10. The maximum atomic E-state index is 14.1. The molecule has 2 fully saturated rings. The Morgan fingerprint density at radius 1 is 1.28 bits per heavy atom. The zero-order chi connectivity index (χ0) is 12.6. The fourth-order valence-electron chi connectivity index (χ4n) is 2.68. The van der Waals surface area contributed by atoms with Crippen molar-refractivity contribution in [2.24, 2.45) is 4.99 Å². The van der Waals surface area contributed by atoms with Gasteiger partial charge in [-0.25, -0.2) is 9.18 Å². The summed E-state index contributed by atoms with van der Waals surface area (Å²) in [5.41, 5.74) is 0.986. The van der Waals surface area contributed by atoms with Crippen LogP contribution in [0.2, 0.25) is 0 Å². The van der Waals surface area contributed by atoms with Crippen LogP contribution >= 0.6 is 0 Å². The summed E-state index contributed by atoms with van der Waals surface area (Å²) in [6.45, 7) is 1.85. The number of nitrogens with zero attached hydrogens (tertiary/aromatic N) is 2. The third-order valence-corrected chi connectivity index (χ3v) is 3.92. The third-order valence-electron chi connectivity index (χ3n) is 3.92. The molecule has 18 heavy (non-hydrogen) atoms. The van der Waals surface area contributed by atoms with E-state index in [1.165, 1.54) is 6.07 Å². The van der Waals surface area contributed by atoms with Gasteiger partial charge in [-0.1, -0.05) is 6.07 Å². The average Bonchev–Trinajstić information content (AvgIpc) is 2.95. The van der Waals surface area contributed by atoms with Crippen molar-refractivity contribution >= 4 is 11.8 Å². The highest BCUT2D eigenvalue weighted by Gasteiger charge is 2.45. The van der Waals surface area contributed by atoms with Crippen molar-refractivity contribution in [2.75, 3.05) is 18.0 Å². The zero-order valence-electron chi connectivity index (χ0n) is 10.2. The molecular weight excluding hydrogens is 231 g/mol. The SMILES string of the molecule is O=C=NC1(c2ccc(N3CCCC3)c(F)c2)CC1. The first-order valence-electron chi connectivity index (χ1n) is 6.39. The maximum Gasteiger partial charge on any atom is 0.235 e. The van der Waals surface area contributed by atoms with Gasteiger partial charge < -0.3 is 4.90 Å². The predicted octanol–water partition coefficient (Wildman–Crippen LogP) is 2.75. The summed E-state index contributed by atoms with van der Waals surface area (Å²) in [6, 6.07) is 5.24. The monoisotopic (exact) mass is 246 g/mol. The third kappa shape index (κ3) is 1.83. The molecule has 1 saturated carbocycles. The van der Waals surface area contributed by atoms with Crippen LogP contribution in [0.25, 0.3) is 0 Å². The van der Waals surface area contributed by atoms with Crippen LogP contribution in [-0.2, 0) is 10.3 Å². The summed E-state index contributed by atoms with van der Waals surface area (Å²) >= 11 is 0. The molecule has 1 heterocycles. The lowest BCUT2D eigenvalue weighted by Gasteiger charge is -2.19. The van der Waals surface area contributed by atoms with E-state index in [1.54, 1.807) is 6.08 Å². The van der Waals surface area contributed by atoms with E-state index in [1.807, 2.05) is 12.1 Å². The number of benzene rings is 1. The first-order valence-corrected chi connectivity index (χ1v) is 6.39. The van der Waals surface area contributed by atoms with E-state index in [0.717, 1.165) is 44.3 Å². The fraction of sp³-hybridized carbons (Fsp3) is 0.500. The van der Waals surface area contributed by atoms with E-state index in [0.29, 0.717) is 5.69 Å². The molecule has 0 bridgehead atoms. The molecule has 0 radical (unpaired) electrons. The van der Waals surface area contributed by atoms with Gasteiger partial charge in [-0.05, 0) is 43.4 Å². The van der Waals surface area contributed by atoms with Gasteiger partial charge in [0.1, 0.15) is 5.82 Å². The quantitative estimate of drug-likeness (QED) is 0.607. The topological polar surface area (TPSA) is 32.7 Å². The zero-order valence-corrected chi connectivity index (χ0v) is 10.2. The van der Waals surface area contributed by atoms with E-state index in [9.17, 15) is 9.18 Å². The Morgan fingerprint density at radius 3 is 2.56 bits per heavy atom. The molecule has 1 aliphatic heterocycles. The Balaban J connectivity index is 1.91. The highest BCUT2D eigenvalue weighted by molar-refractivity contribution is 5.52. The molecule has 0 atom stereocenters. The van der Waals surface area contributed by atoms with Gasteiger partial charge in [-0.3, -0.25) is 0 Å². The number of hydrogen-bond acceptors (Lipinski definition) is 3. The van der Waals surface area contributed by atoms with Crippen LogP contribution in [0.1, 0.15) is 31.2 Å². The van der Waals surface area contributed by atoms with Crippen molar-refractivity contribution in [1.29, 1.82) is 0 Å². The lowest BCUT2D eigenvalue weighted by molar-refractivity contribution is 0.555. The Morgan fingerprint density at radius 2 is 2.00 bits per heavy atom. The smallest absolute Gasteiger partial charge is 0.235 e. The van der Waals surface area contributed by atoms with Gasteiger partial charge in [0.25, 0.3) is 0 Å². The first-order chi connectivity index (χ1) is 8.75. The van der Waals surface area contributed by atoms with Gasteiger partial charge in [0.2, 0.25) is 6.08 Å². The second-order valence-corrected chi connectivity index (χ2v) is 5.10. The van der Waals surface area contributed by atoms with Crippen LogP contribution in [0, 0.1) is 5.82 Å². The van der Waals surface area contributed by atoms with Gasteiger partial charge in [-0.2, -0.15) is 4.99 Å². The highest BCUT2D eigenvalue weighted by Crippen LogP contribution is 2.49. The summed E-state index contributed by atoms with van der Waals surface area (Å²) in [5.74, 6) is -0.207. The van der Waals surface area contributed by atoms with Crippen molar-refractivity contribution in [2.45, 2.75) is 31.2 Å². The minimum Gasteiger partial charge on any atom is -0.369 e. The minimum absolute atomic E-state index is 0.207. The normalized spacial score (nSPS) is 20.6. The summed E-state index contributed by atoms with van der Waals surface area (Å²) in [4.78, 5) is 16.3. The van der Waals surface area contributed by atoms with E-state index < -0.39 is 5.54 Å². The number of isocyanates is 1. The van der Waals surface area contributed by atoms with Crippen LogP contribution in [0.5, 0.6) is 0 Å². The lowest BCUT2D eigenvalue weighted by atomic mass is 10.0. The van der Waals surface area contributed by atoms with Gasteiger partial charge in [0.05, 0.1) is 11.2 Å². The van der Waals surface area contributed by atoms with Crippen molar-refractivity contribution in [3.05, 3.63) is 29.6 Å². The predicted molar refractivity (Wildman–Crippen MR) is 66.9 cm³/mol. The molecule has 3 nitrogen and oxygen atoms in total. The van der Waals surface area contributed by atoms with Crippen molar-refractivity contribution in [1.82, 2.24) is 0 Å². The molecule has 1 saturated heterocycles. The molecule has 0 aromatic heterocycles. The standard InChI is InChI=1S/C14H15FN2O/c15-12-9-11(14(5-6-14)16-10-18)3-4-13(12)17-7-1-2-8-17/h3-4,9H,1-2,5-8H2. The molecular formula is C14H15FN2O. The lowest BCUT2D eigenvalue weighted by Crippen LogP contribution is -2.19. The number of aliphatic imine (C=N–C) groups is 1. The number of hydrogen-bond donors (Lipinski definition) is 0. The van der Waals surface area contributed by atoms with Crippen LogP contribution in [-0.4, -0.2) is 19.2 Å². The molecule has 2 aliphatic rings. The Kier molecular flexibility index (Phi) is 2.67. The number of anilines is 1. The molecule has 1 aromatic rings. The van der Waals surface area contributed by atoms with Crippen molar-refractivity contribution in [3.63, 3.8) is 0 Å². The summed E-state index contributed by atoms with van der Waals surface area (Å²) in [7, 11) is 0. The molecule has 0 N–H and O–H groups in total. The number of halogens is 1. The van der Waals surface area contributed by atoms with Gasteiger partial charge in [-0.15, -0.1) is 0 Å². The first kappa shape index (κ1) is 11.4. The highest BCUT2D eigenvalue weighted by atomic mass is 19.1. The van der Waals surface area contributed by atoms with Crippen molar-refractivity contribution < 1.29 is 9.18 Å². The fourth-order valence-corrected chi connectivity index (χ4v) is 2.68. The number of carbonyl (C=O) groups excluding carboxylic acids is 1. The minimum atomic E-state index is -0.480. The largest absolute Gasteiger partial charge is 0.369 e. The van der Waals surface area contributed by atoms with Gasteiger partial charge in [0, 0.05) is 13.1 Å². The molecule has 4 heteroatoms. The van der Waals surface area contributed by atoms with Gasteiger partial charge >= 0.3 is 0 Å². The maximum absolute atomic E-state index is 14.1. The Bertz CT molecular complexity index is 513. The van der Waals surface area contributed by atoms with E-state index in [-0.39, 0.29) is 5.82 Å². The van der Waals surface area contributed by atoms with Crippen LogP contribution in [0.15, 0.2) is 23.2 Å². The Labute approximate surface area is 105 Å². The molecule has 3 rings (SSSR count). The van der Waals surface area contributed by atoms with E-state index >= 15 is 0 Å². The van der Waals surface area contributed by atoms with E-state index in [2.05, 4.69) is 9.89 Å². The molecule has 94 valence electrons. The van der Waals surface area contributed by atoms with Crippen LogP contribution in [0.3, 0.4) is 0 Å². The second kappa shape index (κ2) is 4.21. The summed E-state index contributed by atoms with van der Waals surface area (Å²) < 4.78 is 14.1. The molecule has 0 unspecified atom stereocenters. The average molecular weight is 246 g/mol. The van der Waals surface area contributed by atoms with E-state index in [4.69, 9.17) is 0 Å².